The minimum Gasteiger partial charge on any atom is -0.424 e. The summed E-state index contributed by atoms with van der Waals surface area (Å²) in [7, 11) is 1.22. The number of esters is 1. The molecule has 0 atom stereocenters. The Kier molecular flexibility index (Phi) is 6.78. The number of alkyl halides is 3. The number of allylic oxidation sites excluding steroid dienone is 2. The maximum absolute atomic E-state index is 13.6. The lowest BCUT2D eigenvalue weighted by molar-refractivity contribution is -0.147. The molecule has 1 aromatic heterocycles. The van der Waals surface area contributed by atoms with Gasteiger partial charge < -0.3 is 4.74 Å². The summed E-state index contributed by atoms with van der Waals surface area (Å²) < 4.78 is 46.9. The molecule has 0 amide bonds. The monoisotopic (exact) mass is 437 g/mol. The van der Waals surface area contributed by atoms with E-state index in [4.69, 9.17) is 16.3 Å². The van der Waals surface area contributed by atoms with Crippen LogP contribution in [0.15, 0.2) is 42.0 Å². The highest BCUT2D eigenvalue weighted by atomic mass is 35.5. The average molecular weight is 438 g/mol. The maximum Gasteiger partial charge on any atom is 0.435 e. The molecule has 0 unspecified atom stereocenters. The summed E-state index contributed by atoms with van der Waals surface area (Å²) in [4.78, 5) is 12.5. The van der Waals surface area contributed by atoms with Gasteiger partial charge in [0.25, 0.3) is 0 Å². The maximum atomic E-state index is 13.6. The highest BCUT2D eigenvalue weighted by Gasteiger charge is 2.42. The third kappa shape index (κ3) is 5.30. The molecule has 1 aromatic carbocycles. The molecule has 0 aliphatic rings. The molecule has 0 N–H and O–H groups in total. The van der Waals surface area contributed by atoms with Crippen molar-refractivity contribution in [1.82, 2.24) is 9.78 Å². The molecule has 0 bridgehead atoms. The molecule has 0 aliphatic heterocycles. The Labute approximate surface area is 177 Å². The molecule has 0 radical (unpaired) electrons. The molecule has 0 aliphatic carbocycles. The van der Waals surface area contributed by atoms with Crippen molar-refractivity contribution >= 4 is 29.4 Å². The molecule has 5 nitrogen and oxygen atoms in total. The number of rotatable bonds is 4. The fraction of sp³-hybridized carbons (Fsp3) is 0.286. The van der Waals surface area contributed by atoms with E-state index in [1.807, 2.05) is 0 Å². The summed E-state index contributed by atoms with van der Waals surface area (Å²) in [6.45, 7) is 4.61. The number of ether oxygens (including phenoxy) is 1. The minimum atomic E-state index is -4.89. The fourth-order valence-corrected chi connectivity index (χ4v) is 2.51. The van der Waals surface area contributed by atoms with Gasteiger partial charge >= 0.3 is 12.1 Å². The van der Waals surface area contributed by atoms with Crippen LogP contribution in [-0.2, 0) is 22.8 Å². The third-order valence-electron chi connectivity index (χ3n) is 3.89. The molecule has 9 heteroatoms. The Bertz CT molecular complexity index is 1040. The van der Waals surface area contributed by atoms with Crippen LogP contribution in [0, 0.1) is 16.7 Å². The van der Waals surface area contributed by atoms with Crippen LogP contribution in [0.25, 0.3) is 11.8 Å². The number of hydrogen-bond acceptors (Lipinski definition) is 4. The standard InChI is InChI=1S/C21H19ClF3N3O2/c1-20(2,3)19(29)30-16(14(12-26)11-10-13-8-6-5-7-9-13)15-17(21(23,24)25)27-28(4)18(15)22/h5-11H,1-4H3. The van der Waals surface area contributed by atoms with Crippen molar-refractivity contribution in [3.05, 3.63) is 64.0 Å². The summed E-state index contributed by atoms with van der Waals surface area (Å²) in [5.41, 5.74) is -2.68. The van der Waals surface area contributed by atoms with Gasteiger partial charge in [0, 0.05) is 7.05 Å². The highest BCUT2D eigenvalue weighted by Crippen LogP contribution is 2.40. The summed E-state index contributed by atoms with van der Waals surface area (Å²) in [6.07, 6.45) is -2.10. The van der Waals surface area contributed by atoms with E-state index < -0.39 is 39.7 Å². The van der Waals surface area contributed by atoms with Gasteiger partial charge in [-0.2, -0.15) is 23.5 Å². The predicted molar refractivity (Wildman–Crippen MR) is 107 cm³/mol. The molecule has 1 heterocycles. The zero-order chi connectivity index (χ0) is 22.7. The van der Waals surface area contributed by atoms with Crippen molar-refractivity contribution in [3.63, 3.8) is 0 Å². The second-order valence-electron chi connectivity index (χ2n) is 7.37. The Morgan fingerprint density at radius 3 is 2.33 bits per heavy atom. The second kappa shape index (κ2) is 8.76. The van der Waals surface area contributed by atoms with E-state index in [0.29, 0.717) is 5.56 Å². The van der Waals surface area contributed by atoms with Gasteiger partial charge in [-0.1, -0.05) is 48.0 Å². The zero-order valence-electron chi connectivity index (χ0n) is 16.7. The van der Waals surface area contributed by atoms with Gasteiger partial charge in [-0.25, -0.2) is 0 Å². The minimum absolute atomic E-state index is 0.308. The number of carbonyl (C=O) groups is 1. The predicted octanol–water partition coefficient (Wildman–Crippen LogP) is 5.63. The van der Waals surface area contributed by atoms with E-state index in [-0.39, 0.29) is 5.57 Å². The molecule has 0 fully saturated rings. The van der Waals surface area contributed by atoms with Crippen LogP contribution < -0.4 is 0 Å². The van der Waals surface area contributed by atoms with Crippen LogP contribution in [-0.4, -0.2) is 15.7 Å². The Morgan fingerprint density at radius 2 is 1.83 bits per heavy atom. The van der Waals surface area contributed by atoms with Crippen LogP contribution >= 0.6 is 11.6 Å². The van der Waals surface area contributed by atoms with Gasteiger partial charge in [-0.05, 0) is 32.4 Å². The number of aryl methyl sites for hydroxylation is 1. The first kappa shape index (κ1) is 23.2. The van der Waals surface area contributed by atoms with Gasteiger partial charge in [0.05, 0.1) is 16.6 Å². The molecular weight excluding hydrogens is 419 g/mol. The largest absolute Gasteiger partial charge is 0.435 e. The number of hydrogen-bond donors (Lipinski definition) is 0. The first-order valence-corrected chi connectivity index (χ1v) is 9.14. The third-order valence-corrected chi connectivity index (χ3v) is 4.32. The van der Waals surface area contributed by atoms with Gasteiger partial charge in [-0.3, -0.25) is 9.48 Å². The number of carbonyl (C=O) groups excluding carboxylic acids is 1. The van der Waals surface area contributed by atoms with E-state index in [2.05, 4.69) is 5.10 Å². The van der Waals surface area contributed by atoms with Gasteiger partial charge in [0.15, 0.2) is 11.5 Å². The first-order valence-electron chi connectivity index (χ1n) is 8.76. The van der Waals surface area contributed by atoms with Crippen molar-refractivity contribution in [2.24, 2.45) is 12.5 Å². The van der Waals surface area contributed by atoms with Crippen LogP contribution in [0.4, 0.5) is 13.2 Å². The molecule has 0 spiro atoms. The first-order chi connectivity index (χ1) is 13.9. The van der Waals surface area contributed by atoms with Crippen LogP contribution in [0.3, 0.4) is 0 Å². The van der Waals surface area contributed by atoms with Crippen molar-refractivity contribution in [2.45, 2.75) is 26.9 Å². The quantitative estimate of drug-likeness (QED) is 0.269. The Balaban J connectivity index is 2.76. The van der Waals surface area contributed by atoms with Crippen molar-refractivity contribution in [1.29, 1.82) is 5.26 Å². The zero-order valence-corrected chi connectivity index (χ0v) is 17.5. The van der Waals surface area contributed by atoms with Gasteiger partial charge in [0.1, 0.15) is 11.2 Å². The van der Waals surface area contributed by atoms with E-state index >= 15 is 0 Å². The highest BCUT2D eigenvalue weighted by molar-refractivity contribution is 6.31. The lowest BCUT2D eigenvalue weighted by atomic mass is 9.97. The van der Waals surface area contributed by atoms with Gasteiger partial charge in [0.2, 0.25) is 0 Å². The number of aromatic nitrogens is 2. The molecule has 30 heavy (non-hydrogen) atoms. The summed E-state index contributed by atoms with van der Waals surface area (Å²) in [6, 6.07) is 10.6. The molecular formula is C21H19ClF3N3O2. The van der Waals surface area contributed by atoms with E-state index in [1.54, 1.807) is 36.4 Å². The molecule has 2 rings (SSSR count). The number of nitrogens with zero attached hydrogens (tertiary/aromatic N) is 3. The smallest absolute Gasteiger partial charge is 0.424 e. The Hall–Kier alpha value is -3.05. The van der Waals surface area contributed by atoms with Crippen LogP contribution in [0.1, 0.15) is 37.6 Å². The molecule has 2 aromatic rings. The Morgan fingerprint density at radius 1 is 1.23 bits per heavy atom. The summed E-state index contributed by atoms with van der Waals surface area (Å²) >= 11 is 6.07. The lowest BCUT2D eigenvalue weighted by Crippen LogP contribution is -2.23. The van der Waals surface area contributed by atoms with Crippen LogP contribution in [0.5, 0.6) is 0 Å². The molecule has 0 saturated heterocycles. The number of benzene rings is 1. The lowest BCUT2D eigenvalue weighted by Gasteiger charge is -2.19. The van der Waals surface area contributed by atoms with Crippen molar-refractivity contribution < 1.29 is 22.7 Å². The van der Waals surface area contributed by atoms with E-state index in [1.165, 1.54) is 40.0 Å². The van der Waals surface area contributed by atoms with Crippen LogP contribution in [0.2, 0.25) is 5.15 Å². The number of halogens is 4. The topological polar surface area (TPSA) is 67.9 Å². The van der Waals surface area contributed by atoms with E-state index in [9.17, 15) is 23.2 Å². The van der Waals surface area contributed by atoms with Crippen molar-refractivity contribution in [3.8, 4) is 6.07 Å². The SMILES string of the molecule is Cn1nc(C(F)(F)F)c(C(OC(=O)C(C)(C)C)=C(C#N)C=Cc2ccccc2)c1Cl. The normalized spacial score (nSPS) is 13.2. The van der Waals surface area contributed by atoms with E-state index in [0.717, 1.165) is 4.68 Å². The fourth-order valence-electron chi connectivity index (χ4n) is 2.30. The molecule has 158 valence electrons. The average Bonchev–Trinajstić information content (AvgIpc) is 2.96. The van der Waals surface area contributed by atoms with Gasteiger partial charge in [-0.15, -0.1) is 0 Å². The molecule has 0 saturated carbocycles. The number of nitriles is 1. The second-order valence-corrected chi connectivity index (χ2v) is 7.73. The summed E-state index contributed by atoms with van der Waals surface area (Å²) in [5, 5.41) is 12.6. The summed E-state index contributed by atoms with van der Waals surface area (Å²) in [5.74, 6) is -1.43. The van der Waals surface area contributed by atoms with Crippen molar-refractivity contribution in [2.75, 3.05) is 0 Å².